The van der Waals surface area contributed by atoms with Crippen LogP contribution in [0.25, 0.3) is 21.5 Å². The number of thiophene rings is 2. The number of hydrogen-bond acceptors (Lipinski definition) is 7. The number of anilines is 2. The second kappa shape index (κ2) is 11.0. The molecule has 40 heavy (non-hydrogen) atoms. The highest BCUT2D eigenvalue weighted by atomic mass is 35.5. The zero-order chi connectivity index (χ0) is 27.8. The monoisotopic (exact) mass is 587 g/mol. The Morgan fingerprint density at radius 1 is 1.07 bits per heavy atom. The number of halogens is 1. The molecule has 5 aromatic rings. The SMILES string of the molecule is CCOC(=O)c1c(NC(=O)c2sc3nc(-c4ccc(Cl)cc4)ccc3c2N)sc2c1CCC(c1ccccc1)C2. The molecule has 3 N–H and O–H groups in total. The van der Waals surface area contributed by atoms with Crippen LogP contribution in [0.15, 0.2) is 66.7 Å². The van der Waals surface area contributed by atoms with E-state index in [-0.39, 0.29) is 12.5 Å². The summed E-state index contributed by atoms with van der Waals surface area (Å²) in [6, 6.07) is 21.6. The van der Waals surface area contributed by atoms with Crippen molar-refractivity contribution in [2.45, 2.75) is 32.1 Å². The molecule has 0 fully saturated rings. The third kappa shape index (κ3) is 4.98. The number of amides is 1. The van der Waals surface area contributed by atoms with Crippen molar-refractivity contribution in [2.75, 3.05) is 17.7 Å². The number of aromatic nitrogens is 1. The smallest absolute Gasteiger partial charge is 0.341 e. The van der Waals surface area contributed by atoms with Crippen LogP contribution in [-0.4, -0.2) is 23.5 Å². The fourth-order valence-electron chi connectivity index (χ4n) is 5.21. The van der Waals surface area contributed by atoms with Gasteiger partial charge in [0, 0.05) is 20.8 Å². The van der Waals surface area contributed by atoms with Gasteiger partial charge in [0.25, 0.3) is 5.91 Å². The van der Waals surface area contributed by atoms with Gasteiger partial charge in [-0.3, -0.25) is 4.79 Å². The van der Waals surface area contributed by atoms with Crippen LogP contribution < -0.4 is 11.1 Å². The van der Waals surface area contributed by atoms with Gasteiger partial charge in [0.15, 0.2) is 0 Å². The van der Waals surface area contributed by atoms with Crippen LogP contribution in [0.1, 0.15) is 55.3 Å². The maximum absolute atomic E-state index is 13.6. The summed E-state index contributed by atoms with van der Waals surface area (Å²) < 4.78 is 5.40. The van der Waals surface area contributed by atoms with Gasteiger partial charge >= 0.3 is 5.97 Å². The average molecular weight is 588 g/mol. The molecule has 1 amide bonds. The first kappa shape index (κ1) is 26.5. The van der Waals surface area contributed by atoms with E-state index in [0.29, 0.717) is 36.9 Å². The number of pyridine rings is 1. The minimum atomic E-state index is -0.410. The van der Waals surface area contributed by atoms with E-state index < -0.39 is 5.97 Å². The molecule has 1 aliphatic rings. The van der Waals surface area contributed by atoms with E-state index >= 15 is 0 Å². The lowest BCUT2D eigenvalue weighted by Crippen LogP contribution is -2.17. The summed E-state index contributed by atoms with van der Waals surface area (Å²) in [6.07, 6.45) is 2.49. The molecule has 3 aromatic heterocycles. The maximum atomic E-state index is 13.6. The first-order valence-corrected chi connectivity index (χ1v) is 15.1. The zero-order valence-corrected chi connectivity index (χ0v) is 24.1. The lowest BCUT2D eigenvalue weighted by molar-refractivity contribution is 0.0526. The van der Waals surface area contributed by atoms with Gasteiger partial charge in [0.2, 0.25) is 0 Å². The van der Waals surface area contributed by atoms with Crippen molar-refractivity contribution in [3.63, 3.8) is 0 Å². The fourth-order valence-corrected chi connectivity index (χ4v) is 7.64. The topological polar surface area (TPSA) is 94.3 Å². The molecule has 6 nitrogen and oxygen atoms in total. The van der Waals surface area contributed by atoms with Crippen LogP contribution in [0.5, 0.6) is 0 Å². The molecule has 0 saturated carbocycles. The molecule has 1 unspecified atom stereocenters. The van der Waals surface area contributed by atoms with E-state index in [0.717, 1.165) is 46.3 Å². The van der Waals surface area contributed by atoms with E-state index in [1.165, 1.54) is 28.2 Å². The number of rotatable bonds is 6. The van der Waals surface area contributed by atoms with Gasteiger partial charge < -0.3 is 15.8 Å². The minimum absolute atomic E-state index is 0.258. The number of hydrogen-bond donors (Lipinski definition) is 2. The number of benzene rings is 2. The lowest BCUT2D eigenvalue weighted by Gasteiger charge is -2.23. The number of ether oxygens (including phenoxy) is 1. The molecule has 0 saturated heterocycles. The molecule has 9 heteroatoms. The predicted molar refractivity (Wildman–Crippen MR) is 164 cm³/mol. The summed E-state index contributed by atoms with van der Waals surface area (Å²) >= 11 is 8.72. The molecule has 202 valence electrons. The number of nitrogens with zero attached hydrogens (tertiary/aromatic N) is 1. The van der Waals surface area contributed by atoms with Crippen LogP contribution in [0.3, 0.4) is 0 Å². The van der Waals surface area contributed by atoms with Gasteiger partial charge in [0.05, 0.1) is 23.6 Å². The Bertz CT molecular complexity index is 1730. The van der Waals surface area contributed by atoms with Crippen molar-refractivity contribution in [3.8, 4) is 11.3 Å². The molecule has 1 atom stereocenters. The Labute approximate surface area is 244 Å². The largest absolute Gasteiger partial charge is 0.462 e. The third-order valence-electron chi connectivity index (χ3n) is 7.18. The number of carbonyl (C=O) groups excluding carboxylic acids is 2. The van der Waals surface area contributed by atoms with E-state index in [2.05, 4.69) is 29.6 Å². The second-order valence-corrected chi connectivity index (χ2v) is 12.2. The quantitative estimate of drug-likeness (QED) is 0.196. The first-order chi connectivity index (χ1) is 19.4. The van der Waals surface area contributed by atoms with Gasteiger partial charge in [-0.25, -0.2) is 9.78 Å². The maximum Gasteiger partial charge on any atom is 0.341 e. The Morgan fingerprint density at radius 3 is 2.60 bits per heavy atom. The number of nitrogens with two attached hydrogens (primary N) is 1. The van der Waals surface area contributed by atoms with E-state index in [9.17, 15) is 9.59 Å². The molecule has 0 aliphatic heterocycles. The Kier molecular flexibility index (Phi) is 7.31. The van der Waals surface area contributed by atoms with E-state index in [1.54, 1.807) is 6.92 Å². The lowest BCUT2D eigenvalue weighted by atomic mass is 9.83. The highest BCUT2D eigenvalue weighted by Crippen LogP contribution is 2.43. The van der Waals surface area contributed by atoms with E-state index in [4.69, 9.17) is 27.1 Å². The first-order valence-electron chi connectivity index (χ1n) is 13.1. The normalized spacial score (nSPS) is 14.6. The average Bonchev–Trinajstić information content (AvgIpc) is 3.50. The second-order valence-electron chi connectivity index (χ2n) is 9.63. The molecular weight excluding hydrogens is 562 g/mol. The van der Waals surface area contributed by atoms with Gasteiger partial charge in [-0.1, -0.05) is 54.1 Å². The molecule has 0 bridgehead atoms. The predicted octanol–water partition coefficient (Wildman–Crippen LogP) is 7.96. The Hall–Kier alpha value is -3.72. The van der Waals surface area contributed by atoms with Crippen LogP contribution in [-0.2, 0) is 17.6 Å². The van der Waals surface area contributed by atoms with Gasteiger partial charge in [-0.05, 0) is 67.5 Å². The van der Waals surface area contributed by atoms with Crippen LogP contribution in [0.2, 0.25) is 5.02 Å². The summed E-state index contributed by atoms with van der Waals surface area (Å²) in [5, 5.41) is 4.87. The van der Waals surface area contributed by atoms with Crippen molar-refractivity contribution in [1.82, 2.24) is 4.98 Å². The van der Waals surface area contributed by atoms with Crippen LogP contribution in [0.4, 0.5) is 10.7 Å². The van der Waals surface area contributed by atoms with E-state index in [1.807, 2.05) is 42.5 Å². The van der Waals surface area contributed by atoms with Crippen LogP contribution in [0, 0.1) is 0 Å². The molecule has 0 spiro atoms. The standard InChI is InChI=1S/C31H26ClN3O3S2/c1-2-38-31(37)25-21-13-10-19(17-6-4-3-5-7-17)16-24(21)39-30(25)35-28(36)27-26(33)22-14-15-23(34-29(22)40-27)18-8-11-20(32)12-9-18/h3-9,11-12,14-15,19H,2,10,13,16,33H2,1H3,(H,35,36). The Morgan fingerprint density at radius 2 is 1.85 bits per heavy atom. The minimum Gasteiger partial charge on any atom is -0.462 e. The highest BCUT2D eigenvalue weighted by molar-refractivity contribution is 7.21. The van der Waals surface area contributed by atoms with Crippen molar-refractivity contribution >= 4 is 67.1 Å². The third-order valence-corrected chi connectivity index (χ3v) is 9.72. The Balaban J connectivity index is 1.32. The number of carbonyl (C=O) groups is 2. The molecule has 2 aromatic carbocycles. The number of esters is 1. The fraction of sp³-hybridized carbons (Fsp3) is 0.194. The van der Waals surface area contributed by atoms with Crippen LogP contribution >= 0.6 is 34.3 Å². The van der Waals surface area contributed by atoms with Gasteiger partial charge in [-0.2, -0.15) is 0 Å². The van der Waals surface area contributed by atoms with Crippen molar-refractivity contribution < 1.29 is 14.3 Å². The van der Waals surface area contributed by atoms with Gasteiger partial charge in [-0.15, -0.1) is 22.7 Å². The number of nitrogen functional groups attached to an aromatic ring is 1. The molecule has 6 rings (SSSR count). The molecule has 0 radical (unpaired) electrons. The van der Waals surface area contributed by atoms with Crippen molar-refractivity contribution in [2.24, 2.45) is 0 Å². The van der Waals surface area contributed by atoms with Crippen molar-refractivity contribution in [3.05, 3.63) is 98.2 Å². The zero-order valence-electron chi connectivity index (χ0n) is 21.7. The summed E-state index contributed by atoms with van der Waals surface area (Å²) in [4.78, 5) is 33.5. The van der Waals surface area contributed by atoms with Crippen molar-refractivity contribution in [1.29, 1.82) is 0 Å². The molecule has 1 aliphatic carbocycles. The molecule has 3 heterocycles. The number of nitrogens with one attached hydrogen (secondary N) is 1. The number of fused-ring (bicyclic) bond motifs is 2. The summed E-state index contributed by atoms with van der Waals surface area (Å²) in [5.74, 6) is -0.408. The summed E-state index contributed by atoms with van der Waals surface area (Å²) in [7, 11) is 0. The summed E-state index contributed by atoms with van der Waals surface area (Å²) in [6.45, 7) is 2.04. The highest BCUT2D eigenvalue weighted by Gasteiger charge is 2.31. The van der Waals surface area contributed by atoms with Gasteiger partial charge in [0.1, 0.15) is 14.7 Å². The molecular formula is C31H26ClN3O3S2. The summed E-state index contributed by atoms with van der Waals surface area (Å²) in [5.41, 5.74) is 11.2.